The molecule has 0 atom stereocenters. The highest BCUT2D eigenvalue weighted by molar-refractivity contribution is 7.89. The highest BCUT2D eigenvalue weighted by Gasteiger charge is 2.31. The van der Waals surface area contributed by atoms with Gasteiger partial charge in [-0.2, -0.15) is 4.31 Å². The van der Waals surface area contributed by atoms with Crippen molar-refractivity contribution in [1.29, 1.82) is 0 Å². The van der Waals surface area contributed by atoms with Crippen molar-refractivity contribution >= 4 is 15.9 Å². The van der Waals surface area contributed by atoms with Crippen LogP contribution in [0, 0.1) is 5.92 Å². The summed E-state index contributed by atoms with van der Waals surface area (Å²) in [6.07, 6.45) is 6.64. The van der Waals surface area contributed by atoms with Gasteiger partial charge in [-0.3, -0.25) is 9.69 Å². The molecule has 1 aromatic rings. The third kappa shape index (κ3) is 4.67. The molecule has 2 fully saturated rings. The Bertz CT molecular complexity index is 839. The van der Waals surface area contributed by atoms with Crippen LogP contribution in [0.25, 0.3) is 0 Å². The van der Waals surface area contributed by atoms with E-state index in [9.17, 15) is 13.2 Å². The predicted molar refractivity (Wildman–Crippen MR) is 113 cm³/mol. The SMILES string of the molecule is CC1CCN(CC(=O)N2CCN(S(=O)(=O)c3ccc4c(c3)CCCC4)CC2)CC1. The van der Waals surface area contributed by atoms with Crippen LogP contribution in [-0.4, -0.2) is 74.2 Å². The minimum atomic E-state index is -3.49. The Morgan fingerprint density at radius 2 is 1.62 bits per heavy atom. The van der Waals surface area contributed by atoms with Crippen molar-refractivity contribution in [2.45, 2.75) is 50.3 Å². The van der Waals surface area contributed by atoms with Gasteiger partial charge in [-0.25, -0.2) is 8.42 Å². The van der Waals surface area contributed by atoms with Crippen LogP contribution < -0.4 is 0 Å². The van der Waals surface area contributed by atoms with Crippen LogP contribution in [0.2, 0.25) is 0 Å². The maximum atomic E-state index is 13.1. The molecule has 0 saturated carbocycles. The second kappa shape index (κ2) is 8.74. The number of carbonyl (C=O) groups is 1. The van der Waals surface area contributed by atoms with Gasteiger partial charge in [-0.05, 0) is 80.8 Å². The number of hydrogen-bond donors (Lipinski definition) is 0. The molecule has 2 aliphatic heterocycles. The third-order valence-corrected chi connectivity index (χ3v) is 8.68. The fraction of sp³-hybridized carbons (Fsp3) is 0.682. The molecule has 0 bridgehead atoms. The quantitative estimate of drug-likeness (QED) is 0.750. The second-order valence-corrected chi connectivity index (χ2v) is 10.8. The number of piperazine rings is 1. The Morgan fingerprint density at radius 1 is 0.966 bits per heavy atom. The first-order valence-corrected chi connectivity index (χ1v) is 12.5. The van der Waals surface area contributed by atoms with E-state index in [0.29, 0.717) is 37.6 Å². The number of carbonyl (C=O) groups excluding carboxylic acids is 1. The average Bonchev–Trinajstić information content (AvgIpc) is 2.75. The van der Waals surface area contributed by atoms with E-state index in [0.717, 1.165) is 51.1 Å². The number of aryl methyl sites for hydroxylation is 2. The Balaban J connectivity index is 1.34. The largest absolute Gasteiger partial charge is 0.339 e. The molecule has 2 heterocycles. The fourth-order valence-electron chi connectivity index (χ4n) is 4.71. The van der Waals surface area contributed by atoms with E-state index in [1.165, 1.54) is 17.5 Å². The molecule has 7 heteroatoms. The first kappa shape index (κ1) is 20.8. The lowest BCUT2D eigenvalue weighted by Gasteiger charge is -2.36. The summed E-state index contributed by atoms with van der Waals surface area (Å²) in [5.41, 5.74) is 2.47. The molecular weight excluding hydrogens is 386 g/mol. The Labute approximate surface area is 174 Å². The van der Waals surface area contributed by atoms with Crippen molar-refractivity contribution in [3.63, 3.8) is 0 Å². The van der Waals surface area contributed by atoms with E-state index in [2.05, 4.69) is 11.8 Å². The first-order chi connectivity index (χ1) is 13.9. The molecular formula is C22H33N3O3S. The number of nitrogens with zero attached hydrogens (tertiary/aromatic N) is 3. The van der Waals surface area contributed by atoms with Gasteiger partial charge >= 0.3 is 0 Å². The van der Waals surface area contributed by atoms with Crippen molar-refractivity contribution in [2.24, 2.45) is 5.92 Å². The van der Waals surface area contributed by atoms with Crippen molar-refractivity contribution in [1.82, 2.24) is 14.1 Å². The average molecular weight is 420 g/mol. The summed E-state index contributed by atoms with van der Waals surface area (Å²) in [4.78, 5) is 17.1. The number of amides is 1. The van der Waals surface area contributed by atoms with Crippen LogP contribution in [0.5, 0.6) is 0 Å². The van der Waals surface area contributed by atoms with Gasteiger partial charge in [0.1, 0.15) is 0 Å². The van der Waals surface area contributed by atoms with Gasteiger partial charge in [-0.15, -0.1) is 0 Å². The highest BCUT2D eigenvalue weighted by Crippen LogP contribution is 2.26. The number of sulfonamides is 1. The van der Waals surface area contributed by atoms with E-state index in [1.807, 2.05) is 17.0 Å². The predicted octanol–water partition coefficient (Wildman–Crippen LogP) is 2.13. The molecule has 0 N–H and O–H groups in total. The van der Waals surface area contributed by atoms with Crippen LogP contribution in [-0.2, 0) is 27.7 Å². The van der Waals surface area contributed by atoms with Crippen LogP contribution in [0.1, 0.15) is 43.7 Å². The zero-order valence-electron chi connectivity index (χ0n) is 17.5. The van der Waals surface area contributed by atoms with Crippen molar-refractivity contribution in [3.05, 3.63) is 29.3 Å². The molecule has 160 valence electrons. The third-order valence-electron chi connectivity index (χ3n) is 6.78. The molecule has 3 aliphatic rings. The van der Waals surface area contributed by atoms with Gasteiger partial charge in [0.2, 0.25) is 15.9 Å². The second-order valence-electron chi connectivity index (χ2n) is 8.88. The van der Waals surface area contributed by atoms with Crippen LogP contribution >= 0.6 is 0 Å². The molecule has 1 aromatic carbocycles. The molecule has 4 rings (SSSR count). The molecule has 2 saturated heterocycles. The summed E-state index contributed by atoms with van der Waals surface area (Å²) in [7, 11) is -3.49. The van der Waals surface area contributed by atoms with Crippen LogP contribution in [0.4, 0.5) is 0 Å². The summed E-state index contributed by atoms with van der Waals surface area (Å²) in [5.74, 6) is 0.879. The topological polar surface area (TPSA) is 60.9 Å². The number of likely N-dealkylation sites (tertiary alicyclic amines) is 1. The molecule has 0 unspecified atom stereocenters. The molecule has 0 spiro atoms. The number of benzene rings is 1. The molecule has 6 nitrogen and oxygen atoms in total. The van der Waals surface area contributed by atoms with Crippen LogP contribution in [0.15, 0.2) is 23.1 Å². The summed E-state index contributed by atoms with van der Waals surface area (Å²) in [6, 6.07) is 5.62. The van der Waals surface area contributed by atoms with Gasteiger partial charge in [0.15, 0.2) is 0 Å². The van der Waals surface area contributed by atoms with Gasteiger partial charge in [-0.1, -0.05) is 13.0 Å². The molecule has 1 aliphatic carbocycles. The maximum Gasteiger partial charge on any atom is 0.243 e. The lowest BCUT2D eigenvalue weighted by Crippen LogP contribution is -2.53. The van der Waals surface area contributed by atoms with Crippen molar-refractivity contribution in [2.75, 3.05) is 45.8 Å². The van der Waals surface area contributed by atoms with Crippen molar-refractivity contribution < 1.29 is 13.2 Å². The monoisotopic (exact) mass is 419 g/mol. The normalized spacial score (nSPS) is 22.4. The lowest BCUT2D eigenvalue weighted by atomic mass is 9.92. The Kier molecular flexibility index (Phi) is 6.27. The number of piperidine rings is 1. The van der Waals surface area contributed by atoms with Gasteiger partial charge in [0.05, 0.1) is 11.4 Å². The van der Waals surface area contributed by atoms with Gasteiger partial charge in [0, 0.05) is 26.2 Å². The number of rotatable bonds is 4. The highest BCUT2D eigenvalue weighted by atomic mass is 32.2. The zero-order valence-corrected chi connectivity index (χ0v) is 18.3. The fourth-order valence-corrected chi connectivity index (χ4v) is 6.18. The summed E-state index contributed by atoms with van der Waals surface area (Å²) >= 11 is 0. The summed E-state index contributed by atoms with van der Waals surface area (Å²) < 4.78 is 27.8. The van der Waals surface area contributed by atoms with E-state index < -0.39 is 10.0 Å². The number of hydrogen-bond acceptors (Lipinski definition) is 4. The Hall–Kier alpha value is -1.44. The lowest BCUT2D eigenvalue weighted by molar-refractivity contribution is -0.133. The maximum absolute atomic E-state index is 13.1. The van der Waals surface area contributed by atoms with E-state index >= 15 is 0 Å². The molecule has 0 aromatic heterocycles. The molecule has 0 radical (unpaired) electrons. The van der Waals surface area contributed by atoms with Gasteiger partial charge in [0.25, 0.3) is 0 Å². The van der Waals surface area contributed by atoms with Gasteiger partial charge < -0.3 is 4.90 Å². The minimum Gasteiger partial charge on any atom is -0.339 e. The smallest absolute Gasteiger partial charge is 0.243 e. The summed E-state index contributed by atoms with van der Waals surface area (Å²) in [6.45, 7) is 6.41. The van der Waals surface area contributed by atoms with Crippen molar-refractivity contribution in [3.8, 4) is 0 Å². The standard InChI is InChI=1S/C22H33N3O3S/c1-18-8-10-23(11-9-18)17-22(26)24-12-14-25(15-13-24)29(27,28)21-7-6-19-4-2-3-5-20(19)16-21/h6-7,16,18H,2-5,8-15,17H2,1H3. The Morgan fingerprint density at radius 3 is 2.31 bits per heavy atom. The summed E-state index contributed by atoms with van der Waals surface area (Å²) in [5, 5.41) is 0. The molecule has 29 heavy (non-hydrogen) atoms. The first-order valence-electron chi connectivity index (χ1n) is 11.1. The van der Waals surface area contributed by atoms with E-state index in [-0.39, 0.29) is 5.91 Å². The van der Waals surface area contributed by atoms with E-state index in [4.69, 9.17) is 0 Å². The van der Waals surface area contributed by atoms with Crippen LogP contribution in [0.3, 0.4) is 0 Å². The zero-order chi connectivity index (χ0) is 20.4. The van der Waals surface area contributed by atoms with E-state index in [1.54, 1.807) is 10.4 Å². The minimum absolute atomic E-state index is 0.130. The number of fused-ring (bicyclic) bond motifs is 1. The molecule has 1 amide bonds.